The smallest absolute Gasteiger partial charge is 0.251 e. The summed E-state index contributed by atoms with van der Waals surface area (Å²) in [5.74, 6) is 1.02. The van der Waals surface area contributed by atoms with Gasteiger partial charge in [0.05, 0.1) is 13.7 Å². The van der Waals surface area contributed by atoms with Crippen molar-refractivity contribution in [2.24, 2.45) is 0 Å². The zero-order chi connectivity index (χ0) is 17.5. The number of methoxy groups -OCH3 is 1. The van der Waals surface area contributed by atoms with Gasteiger partial charge in [0.25, 0.3) is 5.91 Å². The highest BCUT2D eigenvalue weighted by Crippen LogP contribution is 2.16. The number of carbonyl (C=O) groups is 2. The van der Waals surface area contributed by atoms with E-state index in [1.54, 1.807) is 23.8 Å². The van der Waals surface area contributed by atoms with Crippen LogP contribution in [0.25, 0.3) is 0 Å². The maximum absolute atomic E-state index is 12.3. The lowest BCUT2D eigenvalue weighted by Crippen LogP contribution is -2.54. The van der Waals surface area contributed by atoms with Crippen LogP contribution in [0.2, 0.25) is 0 Å². The van der Waals surface area contributed by atoms with Gasteiger partial charge in [-0.2, -0.15) is 11.8 Å². The van der Waals surface area contributed by atoms with E-state index in [1.807, 2.05) is 30.5 Å². The molecule has 1 fully saturated rings. The summed E-state index contributed by atoms with van der Waals surface area (Å²) in [5, 5.41) is 9.90. The Bertz CT molecular complexity index is 581. The van der Waals surface area contributed by atoms with E-state index >= 15 is 0 Å². The molecule has 1 N–H and O–H groups in total. The van der Waals surface area contributed by atoms with Crippen LogP contribution in [0.3, 0.4) is 0 Å². The molecule has 1 saturated heterocycles. The predicted octanol–water partition coefficient (Wildman–Crippen LogP) is 0.980. The minimum Gasteiger partial charge on any atom is -0.497 e. The zero-order valence-electron chi connectivity index (χ0n) is 14.1. The third kappa shape index (κ3) is 4.88. The van der Waals surface area contributed by atoms with Crippen molar-refractivity contribution in [2.75, 3.05) is 38.8 Å². The topological polar surface area (TPSA) is 70.1 Å². The Hall–Kier alpha value is -1.73. The molecule has 2 amide bonds. The second kappa shape index (κ2) is 8.94. The fourth-order valence-electron chi connectivity index (χ4n) is 2.62. The summed E-state index contributed by atoms with van der Waals surface area (Å²) in [7, 11) is 1.61. The van der Waals surface area contributed by atoms with Crippen molar-refractivity contribution in [3.05, 3.63) is 29.8 Å². The number of hydrogen-bond acceptors (Lipinski definition) is 5. The van der Waals surface area contributed by atoms with Gasteiger partial charge in [0.15, 0.2) is 0 Å². The summed E-state index contributed by atoms with van der Waals surface area (Å²) < 4.78 is 5.19. The average molecular weight is 352 g/mol. The molecule has 0 saturated carbocycles. The molecule has 1 aromatic rings. The van der Waals surface area contributed by atoms with Gasteiger partial charge in [-0.25, -0.2) is 0 Å². The molecule has 1 aliphatic rings. The number of hydrogen-bond donors (Lipinski definition) is 1. The first kappa shape index (κ1) is 18.6. The van der Waals surface area contributed by atoms with Gasteiger partial charge in [-0.05, 0) is 36.1 Å². The summed E-state index contributed by atoms with van der Waals surface area (Å²) in [6.45, 7) is 1.44. The monoisotopic (exact) mass is 352 g/mol. The summed E-state index contributed by atoms with van der Waals surface area (Å²) >= 11 is 1.58. The Kier molecular flexibility index (Phi) is 6.93. The van der Waals surface area contributed by atoms with Crippen molar-refractivity contribution < 1.29 is 19.4 Å². The molecule has 0 unspecified atom stereocenters. The Morgan fingerprint density at radius 1 is 1.42 bits per heavy atom. The van der Waals surface area contributed by atoms with E-state index < -0.39 is 6.10 Å². The lowest BCUT2D eigenvalue weighted by atomic mass is 10.1. The van der Waals surface area contributed by atoms with Crippen LogP contribution in [0.15, 0.2) is 24.3 Å². The molecule has 6 nitrogen and oxygen atoms in total. The minimum absolute atomic E-state index is 0.0269. The van der Waals surface area contributed by atoms with Gasteiger partial charge in [-0.15, -0.1) is 0 Å². The Balaban J connectivity index is 1.90. The van der Waals surface area contributed by atoms with Gasteiger partial charge >= 0.3 is 0 Å². The van der Waals surface area contributed by atoms with Gasteiger partial charge in [-0.1, -0.05) is 12.1 Å². The van der Waals surface area contributed by atoms with Crippen LogP contribution >= 0.6 is 11.8 Å². The number of benzene rings is 1. The van der Waals surface area contributed by atoms with E-state index in [0.29, 0.717) is 26.1 Å². The highest BCUT2D eigenvalue weighted by Gasteiger charge is 2.30. The van der Waals surface area contributed by atoms with E-state index in [4.69, 9.17) is 4.74 Å². The standard InChI is InChI=1S/C17H24N2O4S/c1-23-14-5-3-4-13(10-14)11-18-7-8-19(12-16(18)21)17(22)15(20)6-9-24-2/h3-5,10,15,20H,6-9,11-12H2,1-2H3/t15-/m0/s1. The van der Waals surface area contributed by atoms with E-state index in [1.165, 1.54) is 4.90 Å². The number of thioether (sulfide) groups is 1. The highest BCUT2D eigenvalue weighted by molar-refractivity contribution is 7.98. The minimum atomic E-state index is -1.02. The molecule has 0 spiro atoms. The third-order valence-corrected chi connectivity index (χ3v) is 4.66. The van der Waals surface area contributed by atoms with E-state index in [9.17, 15) is 14.7 Å². The van der Waals surface area contributed by atoms with Gasteiger partial charge in [0.1, 0.15) is 11.9 Å². The predicted molar refractivity (Wildman–Crippen MR) is 94.0 cm³/mol. The first-order chi connectivity index (χ1) is 11.5. The number of nitrogens with zero attached hydrogens (tertiary/aromatic N) is 2. The number of carbonyl (C=O) groups excluding carboxylic acids is 2. The summed E-state index contributed by atoms with van der Waals surface area (Å²) in [5.41, 5.74) is 0.988. The van der Waals surface area contributed by atoms with Crippen molar-refractivity contribution >= 4 is 23.6 Å². The quantitative estimate of drug-likeness (QED) is 0.792. The van der Waals surface area contributed by atoms with Crippen molar-refractivity contribution in [1.82, 2.24) is 9.80 Å². The maximum atomic E-state index is 12.3. The van der Waals surface area contributed by atoms with E-state index in [-0.39, 0.29) is 18.4 Å². The highest BCUT2D eigenvalue weighted by atomic mass is 32.2. The first-order valence-electron chi connectivity index (χ1n) is 7.91. The second-order valence-electron chi connectivity index (χ2n) is 5.72. The van der Waals surface area contributed by atoms with Crippen LogP contribution in [-0.2, 0) is 16.1 Å². The molecule has 0 radical (unpaired) electrons. The molecule has 1 aromatic carbocycles. The Morgan fingerprint density at radius 3 is 2.88 bits per heavy atom. The fourth-order valence-corrected chi connectivity index (χ4v) is 3.08. The van der Waals surface area contributed by atoms with Gasteiger partial charge in [0.2, 0.25) is 5.91 Å². The van der Waals surface area contributed by atoms with Crippen LogP contribution in [0.4, 0.5) is 0 Å². The molecule has 1 heterocycles. The van der Waals surface area contributed by atoms with Crippen LogP contribution < -0.4 is 4.74 Å². The number of rotatable bonds is 7. The van der Waals surface area contributed by atoms with Crippen molar-refractivity contribution in [2.45, 2.75) is 19.1 Å². The number of piperazine rings is 1. The summed E-state index contributed by atoms with van der Waals surface area (Å²) in [4.78, 5) is 27.7. The van der Waals surface area contributed by atoms with Crippen molar-refractivity contribution in [1.29, 1.82) is 0 Å². The molecule has 2 rings (SSSR count). The van der Waals surface area contributed by atoms with E-state index in [0.717, 1.165) is 17.1 Å². The number of aliphatic hydroxyl groups excluding tert-OH is 1. The molecule has 1 atom stereocenters. The van der Waals surface area contributed by atoms with Gasteiger partial charge in [0, 0.05) is 19.6 Å². The fraction of sp³-hybridized carbons (Fsp3) is 0.529. The van der Waals surface area contributed by atoms with Crippen LogP contribution in [0.5, 0.6) is 5.75 Å². The van der Waals surface area contributed by atoms with Gasteiger partial charge in [-0.3, -0.25) is 9.59 Å². The average Bonchev–Trinajstić information content (AvgIpc) is 2.60. The van der Waals surface area contributed by atoms with Crippen LogP contribution in [0, 0.1) is 0 Å². The SMILES string of the molecule is COc1cccc(CN2CCN(C(=O)[C@@H](O)CCSC)CC2=O)c1. The van der Waals surface area contributed by atoms with Crippen LogP contribution in [-0.4, -0.2) is 71.6 Å². The van der Waals surface area contributed by atoms with Gasteiger partial charge < -0.3 is 19.6 Å². The molecular weight excluding hydrogens is 328 g/mol. The summed E-state index contributed by atoms with van der Waals surface area (Å²) in [6, 6.07) is 7.59. The molecule has 1 aliphatic heterocycles. The number of ether oxygens (including phenoxy) is 1. The summed E-state index contributed by atoms with van der Waals surface area (Å²) in [6.07, 6.45) is 1.33. The molecule has 0 aromatic heterocycles. The Labute approximate surface area is 146 Å². The lowest BCUT2D eigenvalue weighted by Gasteiger charge is -2.35. The lowest BCUT2D eigenvalue weighted by molar-refractivity contribution is -0.150. The molecule has 132 valence electrons. The first-order valence-corrected chi connectivity index (χ1v) is 9.31. The third-order valence-electron chi connectivity index (χ3n) is 4.02. The number of amides is 2. The molecule has 0 bridgehead atoms. The molecular formula is C17H24N2O4S. The molecule has 0 aliphatic carbocycles. The van der Waals surface area contributed by atoms with Crippen molar-refractivity contribution in [3.8, 4) is 5.75 Å². The van der Waals surface area contributed by atoms with Crippen LogP contribution in [0.1, 0.15) is 12.0 Å². The van der Waals surface area contributed by atoms with Crippen molar-refractivity contribution in [3.63, 3.8) is 0 Å². The second-order valence-corrected chi connectivity index (χ2v) is 6.71. The molecule has 24 heavy (non-hydrogen) atoms. The largest absolute Gasteiger partial charge is 0.497 e. The zero-order valence-corrected chi connectivity index (χ0v) is 14.9. The van der Waals surface area contributed by atoms with E-state index in [2.05, 4.69) is 0 Å². The molecule has 7 heteroatoms. The Morgan fingerprint density at radius 2 is 2.21 bits per heavy atom. The normalized spacial score (nSPS) is 16.2. The number of aliphatic hydroxyl groups is 1. The maximum Gasteiger partial charge on any atom is 0.251 e.